The van der Waals surface area contributed by atoms with E-state index in [-0.39, 0.29) is 5.69 Å². The normalized spacial score (nSPS) is 14.4. The van der Waals surface area contributed by atoms with Crippen molar-refractivity contribution >= 4 is 11.4 Å². The summed E-state index contributed by atoms with van der Waals surface area (Å²) in [6.45, 7) is 2.70. The molecule has 1 aromatic carbocycles. The predicted molar refractivity (Wildman–Crippen MR) is 79.6 cm³/mol. The molecule has 0 saturated heterocycles. The van der Waals surface area contributed by atoms with E-state index in [0.717, 1.165) is 29.1 Å². The number of hydrogen-bond acceptors (Lipinski definition) is 5. The van der Waals surface area contributed by atoms with Crippen LogP contribution in [0.15, 0.2) is 24.5 Å². The van der Waals surface area contributed by atoms with Crippen LogP contribution in [0.5, 0.6) is 0 Å². The van der Waals surface area contributed by atoms with Gasteiger partial charge < -0.3 is 4.90 Å². The van der Waals surface area contributed by atoms with Gasteiger partial charge in [0.15, 0.2) is 0 Å². The summed E-state index contributed by atoms with van der Waals surface area (Å²) in [5, 5.41) is 10.8. The van der Waals surface area contributed by atoms with Crippen LogP contribution in [0.1, 0.15) is 22.5 Å². The molecule has 1 aliphatic rings. The lowest BCUT2D eigenvalue weighted by molar-refractivity contribution is -0.388. The second kappa shape index (κ2) is 5.73. The second-order valence-electron chi connectivity index (χ2n) is 5.51. The monoisotopic (exact) mass is 338 g/mol. The number of alkyl halides is 3. The standard InChI is InChI=1S/C15H13F3N4O2/c1-9-11-4-5-21(7-13(11)20-8-19-9)10-2-3-14(22(23)24)12(6-10)15(16,17)18/h2-3,6,8H,4-5,7H2,1H3. The molecule has 0 saturated carbocycles. The van der Waals surface area contributed by atoms with E-state index in [1.165, 1.54) is 12.4 Å². The zero-order valence-corrected chi connectivity index (χ0v) is 12.7. The Bertz CT molecular complexity index is 808. The minimum atomic E-state index is -4.79. The van der Waals surface area contributed by atoms with Crippen LogP contribution in [0, 0.1) is 17.0 Å². The number of nitro benzene ring substituents is 1. The molecule has 0 unspecified atom stereocenters. The molecule has 0 bridgehead atoms. The minimum Gasteiger partial charge on any atom is -0.365 e. The molecule has 2 aromatic rings. The van der Waals surface area contributed by atoms with Crippen molar-refractivity contribution < 1.29 is 18.1 Å². The number of rotatable bonds is 2. The SMILES string of the molecule is Cc1ncnc2c1CCN(c1ccc([N+](=O)[O-])c(C(F)(F)F)c1)C2. The molecule has 0 atom stereocenters. The second-order valence-corrected chi connectivity index (χ2v) is 5.51. The molecule has 1 aliphatic heterocycles. The number of aryl methyl sites for hydroxylation is 1. The van der Waals surface area contributed by atoms with E-state index in [2.05, 4.69) is 9.97 Å². The lowest BCUT2D eigenvalue weighted by Gasteiger charge is -2.30. The Labute approximate surface area is 135 Å². The summed E-state index contributed by atoms with van der Waals surface area (Å²) >= 11 is 0. The van der Waals surface area contributed by atoms with Crippen LogP contribution in [-0.4, -0.2) is 21.4 Å². The van der Waals surface area contributed by atoms with E-state index < -0.39 is 22.4 Å². The third-order valence-corrected chi connectivity index (χ3v) is 4.07. The maximum Gasteiger partial charge on any atom is 0.423 e. The van der Waals surface area contributed by atoms with E-state index in [1.54, 1.807) is 4.90 Å². The molecule has 0 N–H and O–H groups in total. The van der Waals surface area contributed by atoms with Crippen LogP contribution >= 0.6 is 0 Å². The van der Waals surface area contributed by atoms with Gasteiger partial charge in [0.05, 0.1) is 17.2 Å². The first-order chi connectivity index (χ1) is 11.3. The van der Waals surface area contributed by atoms with Crippen molar-refractivity contribution in [3.8, 4) is 0 Å². The highest BCUT2D eigenvalue weighted by Gasteiger charge is 2.39. The number of anilines is 1. The Morgan fingerprint density at radius 3 is 2.71 bits per heavy atom. The molecule has 0 spiro atoms. The number of nitro groups is 1. The molecule has 0 fully saturated rings. The lowest BCUT2D eigenvalue weighted by Crippen LogP contribution is -2.32. The quantitative estimate of drug-likeness (QED) is 0.621. The average molecular weight is 338 g/mol. The van der Waals surface area contributed by atoms with Crippen molar-refractivity contribution in [3.05, 3.63) is 57.2 Å². The molecule has 9 heteroatoms. The Kier molecular flexibility index (Phi) is 3.86. The number of nitrogens with zero attached hydrogens (tertiary/aromatic N) is 4. The fourth-order valence-corrected chi connectivity index (χ4v) is 2.85. The highest BCUT2D eigenvalue weighted by Crippen LogP contribution is 2.39. The molecule has 24 heavy (non-hydrogen) atoms. The van der Waals surface area contributed by atoms with Crippen LogP contribution in [0.3, 0.4) is 0 Å². The Balaban J connectivity index is 1.98. The van der Waals surface area contributed by atoms with Crippen LogP contribution in [0.4, 0.5) is 24.5 Å². The largest absolute Gasteiger partial charge is 0.423 e. The summed E-state index contributed by atoms with van der Waals surface area (Å²) in [4.78, 5) is 19.8. The maximum atomic E-state index is 13.1. The Hall–Kier alpha value is -2.71. The zero-order chi connectivity index (χ0) is 17.5. The Morgan fingerprint density at radius 2 is 2.04 bits per heavy atom. The fourth-order valence-electron chi connectivity index (χ4n) is 2.85. The lowest BCUT2D eigenvalue weighted by atomic mass is 10.0. The summed E-state index contributed by atoms with van der Waals surface area (Å²) in [6, 6.07) is 3.07. The number of fused-ring (bicyclic) bond motifs is 1. The van der Waals surface area contributed by atoms with Crippen molar-refractivity contribution in [3.63, 3.8) is 0 Å². The number of hydrogen-bond donors (Lipinski definition) is 0. The molecular weight excluding hydrogens is 325 g/mol. The van der Waals surface area contributed by atoms with Gasteiger partial charge in [-0.25, -0.2) is 9.97 Å². The molecule has 0 radical (unpaired) electrons. The molecule has 1 aromatic heterocycles. The van der Waals surface area contributed by atoms with Crippen LogP contribution < -0.4 is 4.90 Å². The summed E-state index contributed by atoms with van der Waals surface area (Å²) in [6.07, 6.45) is -2.75. The van der Waals surface area contributed by atoms with Crippen LogP contribution in [0.25, 0.3) is 0 Å². The van der Waals surface area contributed by atoms with Gasteiger partial charge in [-0.1, -0.05) is 0 Å². The van der Waals surface area contributed by atoms with Crippen LogP contribution in [0.2, 0.25) is 0 Å². The van der Waals surface area contributed by atoms with Crippen molar-refractivity contribution in [1.82, 2.24) is 9.97 Å². The first-order valence-corrected chi connectivity index (χ1v) is 7.17. The van der Waals surface area contributed by atoms with Crippen LogP contribution in [-0.2, 0) is 19.1 Å². The third-order valence-electron chi connectivity index (χ3n) is 4.07. The number of benzene rings is 1. The summed E-state index contributed by atoms with van der Waals surface area (Å²) in [5.41, 5.74) is 0.734. The maximum absolute atomic E-state index is 13.1. The van der Waals surface area contributed by atoms with Crippen molar-refractivity contribution in [2.24, 2.45) is 0 Å². The van der Waals surface area contributed by atoms with Gasteiger partial charge in [-0.2, -0.15) is 13.2 Å². The predicted octanol–water partition coefficient (Wildman–Crippen LogP) is 3.27. The van der Waals surface area contributed by atoms with Gasteiger partial charge in [-0.15, -0.1) is 0 Å². The fraction of sp³-hybridized carbons (Fsp3) is 0.333. The molecule has 0 aliphatic carbocycles. The summed E-state index contributed by atoms with van der Waals surface area (Å²) in [7, 11) is 0. The molecule has 3 rings (SSSR count). The highest BCUT2D eigenvalue weighted by atomic mass is 19.4. The number of halogens is 3. The third kappa shape index (κ3) is 2.89. The molecule has 0 amide bonds. The smallest absolute Gasteiger partial charge is 0.365 e. The van der Waals surface area contributed by atoms with Gasteiger partial charge in [-0.3, -0.25) is 10.1 Å². The van der Waals surface area contributed by atoms with E-state index >= 15 is 0 Å². The molecular formula is C15H13F3N4O2. The highest BCUT2D eigenvalue weighted by molar-refractivity contribution is 5.57. The molecule has 126 valence electrons. The van der Waals surface area contributed by atoms with E-state index in [1.807, 2.05) is 6.92 Å². The number of aromatic nitrogens is 2. The first-order valence-electron chi connectivity index (χ1n) is 7.17. The first kappa shape index (κ1) is 16.2. The van der Waals surface area contributed by atoms with Gasteiger partial charge >= 0.3 is 6.18 Å². The molecule has 2 heterocycles. The van der Waals surface area contributed by atoms with Crippen molar-refractivity contribution in [2.45, 2.75) is 26.1 Å². The minimum absolute atomic E-state index is 0.287. The van der Waals surface area contributed by atoms with Gasteiger partial charge in [0.25, 0.3) is 5.69 Å². The summed E-state index contributed by atoms with van der Waals surface area (Å²) < 4.78 is 39.3. The van der Waals surface area contributed by atoms with Gasteiger partial charge in [0.1, 0.15) is 11.9 Å². The van der Waals surface area contributed by atoms with E-state index in [9.17, 15) is 23.3 Å². The average Bonchev–Trinajstić information content (AvgIpc) is 2.53. The van der Waals surface area contributed by atoms with E-state index in [4.69, 9.17) is 0 Å². The van der Waals surface area contributed by atoms with Gasteiger partial charge in [0.2, 0.25) is 0 Å². The van der Waals surface area contributed by atoms with Gasteiger partial charge in [0, 0.05) is 24.0 Å². The molecule has 6 nitrogen and oxygen atoms in total. The Morgan fingerprint density at radius 1 is 1.29 bits per heavy atom. The van der Waals surface area contributed by atoms with Gasteiger partial charge in [-0.05, 0) is 31.0 Å². The van der Waals surface area contributed by atoms with Crippen molar-refractivity contribution in [2.75, 3.05) is 11.4 Å². The summed E-state index contributed by atoms with van der Waals surface area (Å²) in [5.74, 6) is 0. The topological polar surface area (TPSA) is 72.2 Å². The van der Waals surface area contributed by atoms with Crippen molar-refractivity contribution in [1.29, 1.82) is 0 Å². The zero-order valence-electron chi connectivity index (χ0n) is 12.7. The van der Waals surface area contributed by atoms with E-state index in [0.29, 0.717) is 19.5 Å².